The van der Waals surface area contributed by atoms with Crippen LogP contribution >= 0.6 is 0 Å². The van der Waals surface area contributed by atoms with E-state index in [0.29, 0.717) is 0 Å². The number of allylic oxidation sites excluding steroid dienone is 7. The van der Waals surface area contributed by atoms with Gasteiger partial charge in [0, 0.05) is 0 Å². The van der Waals surface area contributed by atoms with E-state index >= 15 is 0 Å². The fraction of sp³-hybridized carbons (Fsp3) is 0.333. The van der Waals surface area contributed by atoms with Gasteiger partial charge in [0.2, 0.25) is 0 Å². The molecule has 0 saturated heterocycles. The van der Waals surface area contributed by atoms with Crippen molar-refractivity contribution in [1.29, 1.82) is 0 Å². The summed E-state index contributed by atoms with van der Waals surface area (Å²) in [6, 6.07) is 0. The monoisotopic (exact) mass is 162 g/mol. The minimum absolute atomic E-state index is 0.989. The summed E-state index contributed by atoms with van der Waals surface area (Å²) in [5, 5.41) is 0. The summed E-state index contributed by atoms with van der Waals surface area (Å²) in [7, 11) is 0. The maximum Gasteiger partial charge on any atom is -0.0160 e. The third-order valence-electron chi connectivity index (χ3n) is 1.67. The van der Waals surface area contributed by atoms with Crippen molar-refractivity contribution in [3.8, 4) is 0 Å². The molecule has 0 aromatic heterocycles. The van der Waals surface area contributed by atoms with Gasteiger partial charge in [0.1, 0.15) is 0 Å². The van der Waals surface area contributed by atoms with Crippen molar-refractivity contribution < 1.29 is 0 Å². The molecule has 0 unspecified atom stereocenters. The second-order valence-corrected chi connectivity index (χ2v) is 2.86. The first-order chi connectivity index (χ1) is 5.68. The Morgan fingerprint density at radius 3 is 2.42 bits per heavy atom. The van der Waals surface area contributed by atoms with Crippen LogP contribution in [-0.2, 0) is 0 Å². The maximum absolute atomic E-state index is 3.86. The van der Waals surface area contributed by atoms with Crippen LogP contribution < -0.4 is 0 Å². The van der Waals surface area contributed by atoms with Gasteiger partial charge in [0.25, 0.3) is 0 Å². The highest BCUT2D eigenvalue weighted by Crippen LogP contribution is 2.05. The van der Waals surface area contributed by atoms with Gasteiger partial charge in [-0.05, 0) is 27.2 Å². The third kappa shape index (κ3) is 5.72. The topological polar surface area (TPSA) is 0 Å². The molecule has 0 amide bonds. The van der Waals surface area contributed by atoms with Gasteiger partial charge >= 0.3 is 0 Å². The lowest BCUT2D eigenvalue weighted by molar-refractivity contribution is 1.27. The Labute approximate surface area is 76.0 Å². The van der Waals surface area contributed by atoms with Crippen molar-refractivity contribution in [3.63, 3.8) is 0 Å². The van der Waals surface area contributed by atoms with E-state index in [2.05, 4.69) is 31.7 Å². The summed E-state index contributed by atoms with van der Waals surface area (Å²) >= 11 is 0. The average molecular weight is 162 g/mol. The van der Waals surface area contributed by atoms with Gasteiger partial charge in [0.15, 0.2) is 0 Å². The molecule has 0 aliphatic rings. The van der Waals surface area contributed by atoms with Crippen molar-refractivity contribution >= 4 is 0 Å². The van der Waals surface area contributed by atoms with Crippen LogP contribution in [0.3, 0.4) is 0 Å². The van der Waals surface area contributed by atoms with Crippen LogP contribution in [0.15, 0.2) is 48.1 Å². The van der Waals surface area contributed by atoms with Crippen LogP contribution in [-0.4, -0.2) is 0 Å². The van der Waals surface area contributed by atoms with E-state index in [1.54, 1.807) is 0 Å². The Balaban J connectivity index is 3.82. The van der Waals surface area contributed by atoms with E-state index in [0.717, 1.165) is 12.0 Å². The van der Waals surface area contributed by atoms with Crippen molar-refractivity contribution in [2.45, 2.75) is 27.2 Å². The van der Waals surface area contributed by atoms with Crippen LogP contribution in [0.1, 0.15) is 27.2 Å². The molecule has 0 aliphatic heterocycles. The zero-order valence-electron chi connectivity index (χ0n) is 8.30. The molecule has 0 heterocycles. The molecule has 12 heavy (non-hydrogen) atoms. The minimum Gasteiger partial charge on any atom is -0.0959 e. The molecule has 0 fully saturated rings. The summed E-state index contributed by atoms with van der Waals surface area (Å²) in [4.78, 5) is 0. The zero-order valence-corrected chi connectivity index (χ0v) is 8.30. The van der Waals surface area contributed by atoms with Gasteiger partial charge in [-0.1, -0.05) is 48.1 Å². The molecule has 0 aromatic carbocycles. The Kier molecular flexibility index (Phi) is 6.08. The molecule has 0 radical (unpaired) electrons. The zero-order chi connectivity index (χ0) is 9.40. The second-order valence-electron chi connectivity index (χ2n) is 2.86. The summed E-state index contributed by atoms with van der Waals surface area (Å²) in [6.07, 6.45) is 11.4. The number of hydrogen-bond acceptors (Lipinski definition) is 0. The first kappa shape index (κ1) is 11.0. The minimum atomic E-state index is 0.989. The van der Waals surface area contributed by atoms with E-state index in [-0.39, 0.29) is 0 Å². The summed E-state index contributed by atoms with van der Waals surface area (Å²) in [5.41, 5.74) is 2.43. The molecule has 0 aromatic rings. The highest BCUT2D eigenvalue weighted by Gasteiger charge is 1.85. The van der Waals surface area contributed by atoms with Gasteiger partial charge in [-0.15, -0.1) is 0 Å². The molecule has 0 rings (SSSR count). The first-order valence-electron chi connectivity index (χ1n) is 4.29. The van der Waals surface area contributed by atoms with Gasteiger partial charge in [-0.2, -0.15) is 0 Å². The molecular weight excluding hydrogens is 144 g/mol. The molecule has 0 heteroatoms. The van der Waals surface area contributed by atoms with E-state index in [1.165, 1.54) is 5.57 Å². The molecule has 0 aliphatic carbocycles. The Bertz CT molecular complexity index is 214. The largest absolute Gasteiger partial charge is 0.0959 e. The highest BCUT2D eigenvalue weighted by molar-refractivity contribution is 5.24. The molecule has 0 nitrogen and oxygen atoms in total. The molecule has 0 N–H and O–H groups in total. The highest BCUT2D eigenvalue weighted by atomic mass is 13.9. The SMILES string of the molecule is C=C(C)C(C)=CCC=CC=CC. The van der Waals surface area contributed by atoms with Crippen molar-refractivity contribution in [1.82, 2.24) is 0 Å². The summed E-state index contributed by atoms with van der Waals surface area (Å²) < 4.78 is 0. The fourth-order valence-electron chi connectivity index (χ4n) is 0.687. The molecule has 0 atom stereocenters. The van der Waals surface area contributed by atoms with Crippen LogP contribution in [0.25, 0.3) is 0 Å². The van der Waals surface area contributed by atoms with Crippen molar-refractivity contribution in [2.75, 3.05) is 0 Å². The predicted octanol–water partition coefficient (Wildman–Crippen LogP) is 4.03. The van der Waals surface area contributed by atoms with Gasteiger partial charge in [0.05, 0.1) is 0 Å². The molecule has 0 saturated carbocycles. The Morgan fingerprint density at radius 2 is 1.92 bits per heavy atom. The lowest BCUT2D eigenvalue weighted by atomic mass is 10.1. The quantitative estimate of drug-likeness (QED) is 0.547. The fourth-order valence-corrected chi connectivity index (χ4v) is 0.687. The number of hydrogen-bond donors (Lipinski definition) is 0. The lowest BCUT2D eigenvalue weighted by Crippen LogP contribution is -1.74. The smallest absolute Gasteiger partial charge is 0.0160 e. The van der Waals surface area contributed by atoms with Crippen LogP contribution in [0, 0.1) is 0 Å². The second kappa shape index (κ2) is 6.66. The van der Waals surface area contributed by atoms with E-state index in [4.69, 9.17) is 0 Å². The molecule has 66 valence electrons. The average Bonchev–Trinajstić information content (AvgIpc) is 2.03. The molecular formula is C12H18. The van der Waals surface area contributed by atoms with Crippen LogP contribution in [0.4, 0.5) is 0 Å². The Hall–Kier alpha value is -1.04. The third-order valence-corrected chi connectivity index (χ3v) is 1.67. The van der Waals surface area contributed by atoms with Crippen LogP contribution in [0.5, 0.6) is 0 Å². The van der Waals surface area contributed by atoms with Gasteiger partial charge in [-0.25, -0.2) is 0 Å². The number of rotatable bonds is 4. The van der Waals surface area contributed by atoms with Crippen molar-refractivity contribution in [2.24, 2.45) is 0 Å². The van der Waals surface area contributed by atoms with E-state index in [1.807, 2.05) is 26.0 Å². The summed E-state index contributed by atoms with van der Waals surface area (Å²) in [5.74, 6) is 0. The maximum atomic E-state index is 3.86. The van der Waals surface area contributed by atoms with Gasteiger partial charge < -0.3 is 0 Å². The normalized spacial score (nSPS) is 13.1. The van der Waals surface area contributed by atoms with Crippen molar-refractivity contribution in [3.05, 3.63) is 48.1 Å². The van der Waals surface area contributed by atoms with E-state index < -0.39 is 0 Å². The standard InChI is InChI=1S/C12H18/c1-5-6-7-8-9-10-12(4)11(2)3/h5-8,10H,2,9H2,1,3-4H3. The molecule has 0 spiro atoms. The predicted molar refractivity (Wildman–Crippen MR) is 57.1 cm³/mol. The lowest BCUT2D eigenvalue weighted by Gasteiger charge is -1.95. The Morgan fingerprint density at radius 1 is 1.25 bits per heavy atom. The first-order valence-corrected chi connectivity index (χ1v) is 4.29. The van der Waals surface area contributed by atoms with E-state index in [9.17, 15) is 0 Å². The van der Waals surface area contributed by atoms with Crippen LogP contribution in [0.2, 0.25) is 0 Å². The summed E-state index contributed by atoms with van der Waals surface area (Å²) in [6.45, 7) is 10.00. The van der Waals surface area contributed by atoms with Gasteiger partial charge in [-0.3, -0.25) is 0 Å². The molecule has 0 bridgehead atoms.